The zero-order valence-electron chi connectivity index (χ0n) is 12.0. The van der Waals surface area contributed by atoms with Crippen LogP contribution in [0.2, 0.25) is 0 Å². The fourth-order valence-electron chi connectivity index (χ4n) is 2.34. The largest absolute Gasteiger partial charge is 0.399 e. The van der Waals surface area contributed by atoms with Gasteiger partial charge < -0.3 is 5.73 Å². The van der Waals surface area contributed by atoms with Crippen molar-refractivity contribution in [3.8, 4) is 0 Å². The van der Waals surface area contributed by atoms with Crippen LogP contribution >= 0.6 is 0 Å². The summed E-state index contributed by atoms with van der Waals surface area (Å²) in [5, 5.41) is 0. The first-order valence-corrected chi connectivity index (χ1v) is 9.72. The van der Waals surface area contributed by atoms with Crippen LogP contribution in [0, 0.1) is 6.92 Å². The molecule has 1 fully saturated rings. The van der Waals surface area contributed by atoms with Crippen LogP contribution in [-0.2, 0) is 20.0 Å². The van der Waals surface area contributed by atoms with Gasteiger partial charge >= 0.3 is 0 Å². The van der Waals surface area contributed by atoms with Crippen LogP contribution in [0.4, 0.5) is 5.69 Å². The molecule has 9 heteroatoms. The first-order valence-electron chi connectivity index (χ1n) is 6.44. The van der Waals surface area contributed by atoms with E-state index in [1.54, 1.807) is 19.1 Å². The highest BCUT2D eigenvalue weighted by Crippen LogP contribution is 2.23. The lowest BCUT2D eigenvalue weighted by Crippen LogP contribution is -2.50. The molecule has 1 saturated heterocycles. The lowest BCUT2D eigenvalue weighted by molar-refractivity contribution is 0.274. The Labute approximate surface area is 125 Å². The van der Waals surface area contributed by atoms with Crippen molar-refractivity contribution in [1.29, 1.82) is 0 Å². The second kappa shape index (κ2) is 5.56. The summed E-state index contributed by atoms with van der Waals surface area (Å²) in [6.45, 7) is 2.34. The van der Waals surface area contributed by atoms with Crippen LogP contribution in [0.15, 0.2) is 23.1 Å². The third kappa shape index (κ3) is 3.37. The molecule has 118 valence electrons. The number of anilines is 1. The Kier molecular flexibility index (Phi) is 4.29. The van der Waals surface area contributed by atoms with E-state index < -0.39 is 20.0 Å². The zero-order chi connectivity index (χ0) is 15.8. The molecule has 0 spiro atoms. The Bertz CT molecular complexity index is 736. The van der Waals surface area contributed by atoms with Gasteiger partial charge in [-0.05, 0) is 30.7 Å². The van der Waals surface area contributed by atoms with E-state index in [0.29, 0.717) is 11.3 Å². The smallest absolute Gasteiger partial charge is 0.243 e. The van der Waals surface area contributed by atoms with Gasteiger partial charge in [-0.1, -0.05) is 0 Å². The average Bonchev–Trinajstić information content (AvgIpc) is 2.37. The molecule has 2 N–H and O–H groups in total. The first-order chi connectivity index (χ1) is 9.62. The van der Waals surface area contributed by atoms with Crippen LogP contribution in [0.3, 0.4) is 0 Å². The first kappa shape index (κ1) is 16.2. The second-order valence-corrected chi connectivity index (χ2v) is 8.98. The summed E-state index contributed by atoms with van der Waals surface area (Å²) in [6.07, 6.45) is 1.13. The van der Waals surface area contributed by atoms with Crippen molar-refractivity contribution in [3.63, 3.8) is 0 Å². The molecule has 1 heterocycles. The van der Waals surface area contributed by atoms with Gasteiger partial charge in [-0.25, -0.2) is 16.8 Å². The standard InChI is InChI=1S/C12H19N3O4S2/c1-10-9-11(13)3-4-12(10)21(18,19)15-7-5-14(6-8-15)20(2,16)17/h3-4,9H,5-8,13H2,1-2H3. The van der Waals surface area contributed by atoms with Crippen molar-refractivity contribution in [2.45, 2.75) is 11.8 Å². The third-order valence-corrected chi connectivity index (χ3v) is 6.85. The van der Waals surface area contributed by atoms with Crippen molar-refractivity contribution in [3.05, 3.63) is 23.8 Å². The maximum Gasteiger partial charge on any atom is 0.243 e. The summed E-state index contributed by atoms with van der Waals surface area (Å²) in [5.41, 5.74) is 6.73. The van der Waals surface area contributed by atoms with Gasteiger partial charge in [-0.2, -0.15) is 8.61 Å². The van der Waals surface area contributed by atoms with Gasteiger partial charge in [0.15, 0.2) is 0 Å². The Hall–Kier alpha value is -1.16. The number of benzene rings is 1. The highest BCUT2D eigenvalue weighted by molar-refractivity contribution is 7.89. The van der Waals surface area contributed by atoms with E-state index in [-0.39, 0.29) is 31.1 Å². The van der Waals surface area contributed by atoms with E-state index in [9.17, 15) is 16.8 Å². The van der Waals surface area contributed by atoms with E-state index in [4.69, 9.17) is 5.73 Å². The molecule has 1 aromatic rings. The Morgan fingerprint density at radius 2 is 1.52 bits per heavy atom. The van der Waals surface area contributed by atoms with Crippen molar-refractivity contribution >= 4 is 25.7 Å². The molecule has 0 atom stereocenters. The Morgan fingerprint density at radius 1 is 1.00 bits per heavy atom. The SMILES string of the molecule is Cc1cc(N)ccc1S(=O)(=O)N1CCN(S(C)(=O)=O)CC1. The minimum atomic E-state index is -3.62. The molecule has 1 aromatic carbocycles. The number of nitrogens with two attached hydrogens (primary N) is 1. The number of sulfonamides is 2. The predicted molar refractivity (Wildman–Crippen MR) is 80.8 cm³/mol. The lowest BCUT2D eigenvalue weighted by Gasteiger charge is -2.32. The highest BCUT2D eigenvalue weighted by atomic mass is 32.2. The summed E-state index contributed by atoms with van der Waals surface area (Å²) in [6, 6.07) is 4.65. The van der Waals surface area contributed by atoms with Gasteiger partial charge in [0.1, 0.15) is 0 Å². The normalized spacial score (nSPS) is 18.8. The van der Waals surface area contributed by atoms with Gasteiger partial charge in [-0.3, -0.25) is 0 Å². The van der Waals surface area contributed by atoms with E-state index in [1.165, 1.54) is 14.7 Å². The van der Waals surface area contributed by atoms with Gasteiger partial charge in [0.05, 0.1) is 11.2 Å². The van der Waals surface area contributed by atoms with Crippen LogP contribution in [0.1, 0.15) is 5.56 Å². The molecule has 1 aliphatic rings. The number of nitrogens with zero attached hydrogens (tertiary/aromatic N) is 2. The van der Waals surface area contributed by atoms with Gasteiger partial charge in [0.2, 0.25) is 20.0 Å². The molecule has 0 saturated carbocycles. The zero-order valence-corrected chi connectivity index (χ0v) is 13.6. The third-order valence-electron chi connectivity index (χ3n) is 3.48. The van der Waals surface area contributed by atoms with Crippen molar-refractivity contribution in [1.82, 2.24) is 8.61 Å². The fourth-order valence-corrected chi connectivity index (χ4v) is 4.80. The molecule has 0 aliphatic carbocycles. The van der Waals surface area contributed by atoms with Crippen LogP contribution < -0.4 is 5.73 Å². The van der Waals surface area contributed by atoms with Crippen molar-refractivity contribution in [2.75, 3.05) is 38.2 Å². The molecule has 0 radical (unpaired) electrons. The lowest BCUT2D eigenvalue weighted by atomic mass is 10.2. The average molecular weight is 333 g/mol. The predicted octanol–water partition coefficient (Wildman–Crippen LogP) is -0.157. The Balaban J connectivity index is 2.23. The van der Waals surface area contributed by atoms with Gasteiger partial charge in [0.25, 0.3) is 0 Å². The van der Waals surface area contributed by atoms with Crippen molar-refractivity contribution in [2.24, 2.45) is 0 Å². The van der Waals surface area contributed by atoms with Gasteiger partial charge in [0, 0.05) is 31.9 Å². The molecule has 21 heavy (non-hydrogen) atoms. The molecular formula is C12H19N3O4S2. The summed E-state index contributed by atoms with van der Waals surface area (Å²) in [5.74, 6) is 0. The maximum absolute atomic E-state index is 12.6. The molecule has 0 bridgehead atoms. The number of hydrogen-bond acceptors (Lipinski definition) is 5. The molecular weight excluding hydrogens is 314 g/mol. The number of nitrogen functional groups attached to an aromatic ring is 1. The molecule has 2 rings (SSSR count). The second-order valence-electron chi connectivity index (χ2n) is 5.09. The molecule has 1 aliphatic heterocycles. The fraction of sp³-hybridized carbons (Fsp3) is 0.500. The Morgan fingerprint density at radius 3 is 2.00 bits per heavy atom. The monoisotopic (exact) mass is 333 g/mol. The van der Waals surface area contributed by atoms with E-state index in [2.05, 4.69) is 0 Å². The van der Waals surface area contributed by atoms with Crippen molar-refractivity contribution < 1.29 is 16.8 Å². The minimum absolute atomic E-state index is 0.152. The number of rotatable bonds is 3. The van der Waals surface area contributed by atoms with E-state index in [0.717, 1.165) is 6.26 Å². The number of aryl methyl sites for hydroxylation is 1. The quantitative estimate of drug-likeness (QED) is 0.775. The van der Waals surface area contributed by atoms with E-state index >= 15 is 0 Å². The topological polar surface area (TPSA) is 101 Å². The summed E-state index contributed by atoms with van der Waals surface area (Å²) in [4.78, 5) is 0.213. The van der Waals surface area contributed by atoms with Crippen LogP contribution in [-0.4, -0.2) is 57.9 Å². The summed E-state index contributed by atoms with van der Waals surface area (Å²) < 4.78 is 50.7. The molecule has 0 aromatic heterocycles. The van der Waals surface area contributed by atoms with E-state index in [1.807, 2.05) is 0 Å². The molecule has 0 unspecified atom stereocenters. The van der Waals surface area contributed by atoms with Gasteiger partial charge in [-0.15, -0.1) is 0 Å². The van der Waals surface area contributed by atoms with Crippen LogP contribution in [0.25, 0.3) is 0 Å². The number of hydrogen-bond donors (Lipinski definition) is 1. The highest BCUT2D eigenvalue weighted by Gasteiger charge is 2.32. The molecule has 0 amide bonds. The maximum atomic E-state index is 12.6. The van der Waals surface area contributed by atoms with Crippen LogP contribution in [0.5, 0.6) is 0 Å². The minimum Gasteiger partial charge on any atom is -0.399 e. The summed E-state index contributed by atoms with van der Waals surface area (Å²) in [7, 11) is -6.90. The summed E-state index contributed by atoms with van der Waals surface area (Å²) >= 11 is 0. The molecule has 7 nitrogen and oxygen atoms in total. The number of piperazine rings is 1.